The zero-order valence-corrected chi connectivity index (χ0v) is 9.26. The number of aliphatic carboxylic acids is 1. The van der Waals surface area contributed by atoms with Crippen molar-refractivity contribution in [2.75, 3.05) is 20.3 Å². The van der Waals surface area contributed by atoms with Crippen molar-refractivity contribution in [1.82, 2.24) is 0 Å². The smallest absolute Gasteiger partial charge is 0.308 e. The number of carboxylic acid groups (broad SMARTS) is 1. The van der Waals surface area contributed by atoms with Crippen LogP contribution < -0.4 is 4.74 Å². The number of carbonyl (C=O) groups is 1. The van der Waals surface area contributed by atoms with E-state index in [4.69, 9.17) is 14.6 Å². The fraction of sp³-hybridized carbons (Fsp3) is 0.417. The molecule has 0 radical (unpaired) electrons. The lowest BCUT2D eigenvalue weighted by Crippen LogP contribution is -2.21. The Morgan fingerprint density at radius 3 is 2.62 bits per heavy atom. The summed E-state index contributed by atoms with van der Waals surface area (Å²) in [4.78, 5) is 10.8. The molecule has 0 aliphatic carbocycles. The minimum absolute atomic E-state index is 0.216. The van der Waals surface area contributed by atoms with Crippen LogP contribution >= 0.6 is 0 Å². The lowest BCUT2D eigenvalue weighted by Gasteiger charge is -2.11. The predicted octanol–water partition coefficient (Wildman–Crippen LogP) is 1.80. The Bertz CT molecular complexity index is 310. The molecule has 1 N–H and O–H groups in total. The van der Waals surface area contributed by atoms with Gasteiger partial charge in [0.2, 0.25) is 0 Å². The molecule has 1 unspecified atom stereocenters. The number of ether oxygens (including phenoxy) is 2. The predicted molar refractivity (Wildman–Crippen MR) is 59.6 cm³/mol. The molecule has 0 aliphatic rings. The van der Waals surface area contributed by atoms with Crippen molar-refractivity contribution < 1.29 is 19.4 Å². The van der Waals surface area contributed by atoms with Crippen LogP contribution in [-0.4, -0.2) is 31.4 Å². The number of para-hydroxylation sites is 1. The lowest BCUT2D eigenvalue weighted by atomic mass is 10.1. The maximum Gasteiger partial charge on any atom is 0.308 e. The van der Waals surface area contributed by atoms with E-state index in [-0.39, 0.29) is 6.61 Å². The molecule has 16 heavy (non-hydrogen) atoms. The summed E-state index contributed by atoms with van der Waals surface area (Å²) in [6.07, 6.45) is 0.443. The molecule has 4 nitrogen and oxygen atoms in total. The molecule has 4 heteroatoms. The zero-order valence-electron chi connectivity index (χ0n) is 9.26. The van der Waals surface area contributed by atoms with Gasteiger partial charge < -0.3 is 14.6 Å². The minimum atomic E-state index is -0.849. The minimum Gasteiger partial charge on any atom is -0.494 e. The van der Waals surface area contributed by atoms with Gasteiger partial charge in [-0.15, -0.1) is 0 Å². The van der Waals surface area contributed by atoms with E-state index >= 15 is 0 Å². The summed E-state index contributed by atoms with van der Waals surface area (Å²) in [7, 11) is 1.49. The van der Waals surface area contributed by atoms with Crippen LogP contribution in [0.2, 0.25) is 0 Å². The average Bonchev–Trinajstić information content (AvgIpc) is 2.29. The van der Waals surface area contributed by atoms with E-state index in [0.29, 0.717) is 13.0 Å². The highest BCUT2D eigenvalue weighted by Gasteiger charge is 2.16. The third kappa shape index (κ3) is 4.31. The van der Waals surface area contributed by atoms with Gasteiger partial charge in [-0.05, 0) is 18.6 Å². The van der Waals surface area contributed by atoms with Crippen molar-refractivity contribution in [1.29, 1.82) is 0 Å². The van der Waals surface area contributed by atoms with Crippen LogP contribution in [-0.2, 0) is 9.53 Å². The van der Waals surface area contributed by atoms with Crippen LogP contribution in [0, 0.1) is 5.92 Å². The third-order valence-corrected chi connectivity index (χ3v) is 2.20. The number of hydrogen-bond acceptors (Lipinski definition) is 3. The molecule has 0 heterocycles. The van der Waals surface area contributed by atoms with Gasteiger partial charge in [-0.25, -0.2) is 0 Å². The summed E-state index contributed by atoms with van der Waals surface area (Å²) in [6.45, 7) is 0.595. The first-order valence-electron chi connectivity index (χ1n) is 5.13. The number of benzene rings is 1. The molecule has 0 saturated carbocycles. The van der Waals surface area contributed by atoms with Crippen LogP contribution in [0.3, 0.4) is 0 Å². The molecule has 1 aromatic rings. The molecule has 1 rings (SSSR count). The highest BCUT2D eigenvalue weighted by molar-refractivity contribution is 5.70. The summed E-state index contributed by atoms with van der Waals surface area (Å²) in [5.41, 5.74) is 0. The van der Waals surface area contributed by atoms with E-state index in [9.17, 15) is 4.79 Å². The number of methoxy groups -OCH3 is 1. The third-order valence-electron chi connectivity index (χ3n) is 2.20. The van der Waals surface area contributed by atoms with E-state index in [1.807, 2.05) is 30.3 Å². The monoisotopic (exact) mass is 224 g/mol. The van der Waals surface area contributed by atoms with Crippen LogP contribution in [0.4, 0.5) is 0 Å². The molecular formula is C12H16O4. The molecule has 0 bridgehead atoms. The fourth-order valence-electron chi connectivity index (χ4n) is 1.32. The molecule has 0 spiro atoms. The Morgan fingerprint density at radius 2 is 2.06 bits per heavy atom. The van der Waals surface area contributed by atoms with E-state index in [1.165, 1.54) is 7.11 Å². The summed E-state index contributed by atoms with van der Waals surface area (Å²) in [5.74, 6) is -0.601. The van der Waals surface area contributed by atoms with Gasteiger partial charge in [0.25, 0.3) is 0 Å². The quantitative estimate of drug-likeness (QED) is 0.767. The van der Waals surface area contributed by atoms with Gasteiger partial charge in [-0.1, -0.05) is 18.2 Å². The topological polar surface area (TPSA) is 55.8 Å². The number of carboxylic acids is 1. The van der Waals surface area contributed by atoms with E-state index in [0.717, 1.165) is 5.75 Å². The highest BCUT2D eigenvalue weighted by atomic mass is 16.5. The second kappa shape index (κ2) is 6.85. The lowest BCUT2D eigenvalue weighted by molar-refractivity contribution is -0.144. The molecule has 0 amide bonds. The van der Waals surface area contributed by atoms with Gasteiger partial charge in [0.1, 0.15) is 5.75 Å². The van der Waals surface area contributed by atoms with Crippen LogP contribution in [0.25, 0.3) is 0 Å². The summed E-state index contributed by atoms with van der Waals surface area (Å²) in [5, 5.41) is 8.87. The summed E-state index contributed by atoms with van der Waals surface area (Å²) in [6, 6.07) is 9.33. The second-order valence-corrected chi connectivity index (χ2v) is 3.44. The normalized spacial score (nSPS) is 12.1. The zero-order chi connectivity index (χ0) is 11.8. The van der Waals surface area contributed by atoms with E-state index in [2.05, 4.69) is 0 Å². The fourth-order valence-corrected chi connectivity index (χ4v) is 1.32. The Balaban J connectivity index is 2.31. The average molecular weight is 224 g/mol. The highest BCUT2D eigenvalue weighted by Crippen LogP contribution is 2.11. The van der Waals surface area contributed by atoms with Crippen molar-refractivity contribution in [3.05, 3.63) is 30.3 Å². The second-order valence-electron chi connectivity index (χ2n) is 3.44. The van der Waals surface area contributed by atoms with E-state index in [1.54, 1.807) is 0 Å². The van der Waals surface area contributed by atoms with Gasteiger partial charge in [0, 0.05) is 7.11 Å². The van der Waals surface area contributed by atoms with Gasteiger partial charge in [0.15, 0.2) is 0 Å². The Hall–Kier alpha value is -1.55. The maximum atomic E-state index is 10.8. The van der Waals surface area contributed by atoms with Crippen LogP contribution in [0.1, 0.15) is 6.42 Å². The largest absolute Gasteiger partial charge is 0.494 e. The Morgan fingerprint density at radius 1 is 1.38 bits per heavy atom. The summed E-state index contributed by atoms with van der Waals surface area (Å²) >= 11 is 0. The van der Waals surface area contributed by atoms with Crippen LogP contribution in [0.15, 0.2) is 30.3 Å². The number of rotatable bonds is 7. The molecule has 1 atom stereocenters. The van der Waals surface area contributed by atoms with Crippen molar-refractivity contribution in [2.45, 2.75) is 6.42 Å². The van der Waals surface area contributed by atoms with Crippen molar-refractivity contribution >= 4 is 5.97 Å². The number of hydrogen-bond donors (Lipinski definition) is 1. The van der Waals surface area contributed by atoms with Crippen molar-refractivity contribution in [3.8, 4) is 5.75 Å². The van der Waals surface area contributed by atoms with Crippen LogP contribution in [0.5, 0.6) is 5.75 Å². The van der Waals surface area contributed by atoms with Gasteiger partial charge >= 0.3 is 5.97 Å². The van der Waals surface area contributed by atoms with Crippen molar-refractivity contribution in [2.24, 2.45) is 5.92 Å². The first-order valence-corrected chi connectivity index (χ1v) is 5.13. The van der Waals surface area contributed by atoms with Crippen molar-refractivity contribution in [3.63, 3.8) is 0 Å². The molecule has 1 aromatic carbocycles. The maximum absolute atomic E-state index is 10.8. The summed E-state index contributed by atoms with van der Waals surface area (Å²) < 4.78 is 10.2. The first-order chi connectivity index (χ1) is 7.74. The van der Waals surface area contributed by atoms with E-state index < -0.39 is 11.9 Å². The molecular weight excluding hydrogens is 208 g/mol. The van der Waals surface area contributed by atoms with Gasteiger partial charge in [-0.2, -0.15) is 0 Å². The molecule has 0 aromatic heterocycles. The Labute approximate surface area is 94.8 Å². The van der Waals surface area contributed by atoms with Gasteiger partial charge in [0.05, 0.1) is 19.1 Å². The first kappa shape index (κ1) is 12.5. The molecule has 0 fully saturated rings. The molecule has 0 aliphatic heterocycles. The SMILES string of the molecule is COCC(CCOc1ccccc1)C(=O)O. The Kier molecular flexibility index (Phi) is 5.36. The van der Waals surface area contributed by atoms with Gasteiger partial charge in [-0.3, -0.25) is 4.79 Å². The molecule has 88 valence electrons. The standard InChI is InChI=1S/C12H16O4/c1-15-9-10(12(13)14)7-8-16-11-5-3-2-4-6-11/h2-6,10H,7-9H2,1H3,(H,13,14). The molecule has 0 saturated heterocycles.